The van der Waals surface area contributed by atoms with E-state index in [4.69, 9.17) is 0 Å². The summed E-state index contributed by atoms with van der Waals surface area (Å²) >= 11 is 0. The summed E-state index contributed by atoms with van der Waals surface area (Å²) in [5, 5.41) is 5.72. The number of carbonyl (C=O) groups is 4. The molecule has 2 N–H and O–H groups in total. The van der Waals surface area contributed by atoms with E-state index in [0.717, 1.165) is 42.9 Å². The lowest BCUT2D eigenvalue weighted by Crippen LogP contribution is -2.64. The molecule has 1 aromatic carbocycles. The van der Waals surface area contributed by atoms with Gasteiger partial charge in [-0.05, 0) is 37.3 Å². The van der Waals surface area contributed by atoms with Crippen LogP contribution in [-0.4, -0.2) is 64.6 Å². The van der Waals surface area contributed by atoms with Crippen LogP contribution in [0.5, 0.6) is 0 Å². The van der Waals surface area contributed by atoms with Crippen molar-refractivity contribution in [1.82, 2.24) is 20.4 Å². The highest BCUT2D eigenvalue weighted by molar-refractivity contribution is 6.24. The summed E-state index contributed by atoms with van der Waals surface area (Å²) in [4.78, 5) is 53.5. The molecular formula is C21H24N4O4. The molecule has 2 saturated heterocycles. The van der Waals surface area contributed by atoms with Gasteiger partial charge in [-0.3, -0.25) is 34.3 Å². The molecule has 3 heterocycles. The maximum absolute atomic E-state index is 13.3. The van der Waals surface area contributed by atoms with E-state index in [-0.39, 0.29) is 24.3 Å². The zero-order valence-electron chi connectivity index (χ0n) is 16.2. The molecule has 0 aromatic heterocycles. The summed E-state index contributed by atoms with van der Waals surface area (Å²) in [7, 11) is 0. The third-order valence-corrected chi connectivity index (χ3v) is 6.88. The van der Waals surface area contributed by atoms with Gasteiger partial charge >= 0.3 is 0 Å². The van der Waals surface area contributed by atoms with Crippen LogP contribution in [0.2, 0.25) is 0 Å². The number of benzene rings is 1. The summed E-state index contributed by atoms with van der Waals surface area (Å²) in [6.07, 6.45) is 3.80. The van der Waals surface area contributed by atoms with E-state index in [1.807, 2.05) is 12.1 Å². The van der Waals surface area contributed by atoms with E-state index in [1.165, 1.54) is 6.42 Å². The second-order valence-corrected chi connectivity index (χ2v) is 8.46. The molecular weight excluding hydrogens is 372 g/mol. The number of carbonyl (C=O) groups excluding carboxylic acids is 4. The van der Waals surface area contributed by atoms with Crippen LogP contribution in [0.1, 0.15) is 58.4 Å². The molecule has 1 unspecified atom stereocenters. The Kier molecular flexibility index (Phi) is 4.29. The monoisotopic (exact) mass is 396 g/mol. The lowest BCUT2D eigenvalue weighted by molar-refractivity contribution is -0.136. The second kappa shape index (κ2) is 6.74. The lowest BCUT2D eigenvalue weighted by Gasteiger charge is -2.53. The summed E-state index contributed by atoms with van der Waals surface area (Å²) < 4.78 is 0. The van der Waals surface area contributed by atoms with Crippen LogP contribution in [0.3, 0.4) is 0 Å². The van der Waals surface area contributed by atoms with E-state index >= 15 is 0 Å². The van der Waals surface area contributed by atoms with Crippen molar-refractivity contribution in [2.75, 3.05) is 19.6 Å². The first-order valence-electron chi connectivity index (χ1n) is 10.3. The largest absolute Gasteiger partial charge is 0.314 e. The Morgan fingerprint density at radius 1 is 1.10 bits per heavy atom. The Labute approximate surface area is 168 Å². The molecule has 1 aliphatic carbocycles. The van der Waals surface area contributed by atoms with Gasteiger partial charge in [0.25, 0.3) is 11.8 Å². The molecule has 4 amide bonds. The molecule has 0 bridgehead atoms. The van der Waals surface area contributed by atoms with E-state index in [9.17, 15) is 19.2 Å². The second-order valence-electron chi connectivity index (χ2n) is 8.46. The zero-order valence-corrected chi connectivity index (χ0v) is 16.2. The molecule has 1 atom stereocenters. The van der Waals surface area contributed by atoms with Crippen molar-refractivity contribution in [2.45, 2.75) is 50.2 Å². The quantitative estimate of drug-likeness (QED) is 0.719. The first-order chi connectivity index (χ1) is 14.0. The minimum Gasteiger partial charge on any atom is -0.314 e. The highest BCUT2D eigenvalue weighted by Gasteiger charge is 2.47. The number of hydrogen-bond donors (Lipinski definition) is 2. The van der Waals surface area contributed by atoms with Crippen molar-refractivity contribution in [3.05, 3.63) is 34.9 Å². The minimum atomic E-state index is -0.926. The van der Waals surface area contributed by atoms with Crippen LogP contribution in [0.4, 0.5) is 0 Å². The van der Waals surface area contributed by atoms with Crippen LogP contribution in [-0.2, 0) is 16.1 Å². The number of nitrogens with zero attached hydrogens (tertiary/aromatic N) is 2. The van der Waals surface area contributed by atoms with Gasteiger partial charge in [0.1, 0.15) is 6.04 Å². The molecule has 1 saturated carbocycles. The SMILES string of the molecule is O=C1CCC(N2C(=O)c3cccc(CN4CCNCC45CCC5)c3C2=O)C(=O)N1. The van der Waals surface area contributed by atoms with E-state index in [1.54, 1.807) is 6.07 Å². The molecule has 0 radical (unpaired) electrons. The van der Waals surface area contributed by atoms with Gasteiger partial charge in [0, 0.05) is 38.1 Å². The van der Waals surface area contributed by atoms with Crippen molar-refractivity contribution in [3.63, 3.8) is 0 Å². The van der Waals surface area contributed by atoms with Gasteiger partial charge in [-0.25, -0.2) is 0 Å². The van der Waals surface area contributed by atoms with Gasteiger partial charge in [0.2, 0.25) is 11.8 Å². The third-order valence-electron chi connectivity index (χ3n) is 6.88. The maximum atomic E-state index is 13.3. The van der Waals surface area contributed by atoms with E-state index in [0.29, 0.717) is 17.7 Å². The fourth-order valence-corrected chi connectivity index (χ4v) is 5.13. The Balaban J connectivity index is 1.45. The van der Waals surface area contributed by atoms with Gasteiger partial charge in [0.05, 0.1) is 11.1 Å². The van der Waals surface area contributed by atoms with Crippen LogP contribution >= 0.6 is 0 Å². The van der Waals surface area contributed by atoms with Crippen LogP contribution in [0.25, 0.3) is 0 Å². The first-order valence-corrected chi connectivity index (χ1v) is 10.3. The molecule has 1 aromatic rings. The molecule has 5 rings (SSSR count). The molecule has 3 fully saturated rings. The predicted molar refractivity (Wildman–Crippen MR) is 103 cm³/mol. The number of imide groups is 2. The van der Waals surface area contributed by atoms with Gasteiger partial charge in [-0.2, -0.15) is 0 Å². The number of fused-ring (bicyclic) bond motifs is 1. The van der Waals surface area contributed by atoms with Crippen molar-refractivity contribution in [3.8, 4) is 0 Å². The molecule has 152 valence electrons. The summed E-state index contributed by atoms with van der Waals surface area (Å²) in [5.41, 5.74) is 1.75. The molecule has 8 heteroatoms. The normalized spacial score (nSPS) is 26.5. The fraction of sp³-hybridized carbons (Fsp3) is 0.524. The number of rotatable bonds is 3. The molecule has 8 nitrogen and oxygen atoms in total. The van der Waals surface area contributed by atoms with Crippen molar-refractivity contribution in [1.29, 1.82) is 0 Å². The Bertz CT molecular complexity index is 923. The topological polar surface area (TPSA) is 98.8 Å². The molecule has 4 aliphatic rings. The molecule has 1 spiro atoms. The number of piperidine rings is 1. The van der Waals surface area contributed by atoms with Crippen molar-refractivity contribution >= 4 is 23.6 Å². The smallest absolute Gasteiger partial charge is 0.262 e. The van der Waals surface area contributed by atoms with Crippen LogP contribution in [0, 0.1) is 0 Å². The zero-order chi connectivity index (χ0) is 20.2. The first kappa shape index (κ1) is 18.4. The highest BCUT2D eigenvalue weighted by atomic mass is 16.2. The fourth-order valence-electron chi connectivity index (χ4n) is 5.13. The summed E-state index contributed by atoms with van der Waals surface area (Å²) in [5.74, 6) is -1.81. The maximum Gasteiger partial charge on any atom is 0.262 e. The average molecular weight is 396 g/mol. The predicted octanol–water partition coefficient (Wildman–Crippen LogP) is 0.416. The number of hydrogen-bond acceptors (Lipinski definition) is 6. The van der Waals surface area contributed by atoms with Crippen LogP contribution in [0.15, 0.2) is 18.2 Å². The summed E-state index contributed by atoms with van der Waals surface area (Å²) in [6.45, 7) is 3.39. The Morgan fingerprint density at radius 3 is 2.66 bits per heavy atom. The minimum absolute atomic E-state index is 0.125. The Hall–Kier alpha value is -2.58. The van der Waals surface area contributed by atoms with Gasteiger partial charge in [-0.1, -0.05) is 12.1 Å². The summed E-state index contributed by atoms with van der Waals surface area (Å²) in [6, 6.07) is 4.45. The lowest BCUT2D eigenvalue weighted by atomic mass is 9.74. The number of piperazine rings is 1. The third kappa shape index (κ3) is 2.81. The standard InChI is InChI=1S/C21H24N4O4/c26-16-6-5-15(18(27)23-16)25-19(28)14-4-1-3-13(17(14)20(25)29)11-24-10-9-22-12-21(24)7-2-8-21/h1,3-4,15,22H,2,5-12H2,(H,23,26,27). The molecule has 3 aliphatic heterocycles. The molecule has 29 heavy (non-hydrogen) atoms. The number of nitrogens with one attached hydrogen (secondary N) is 2. The van der Waals surface area contributed by atoms with E-state index < -0.39 is 23.8 Å². The van der Waals surface area contributed by atoms with Gasteiger partial charge < -0.3 is 5.32 Å². The highest BCUT2D eigenvalue weighted by Crippen LogP contribution is 2.40. The van der Waals surface area contributed by atoms with Gasteiger partial charge in [-0.15, -0.1) is 0 Å². The van der Waals surface area contributed by atoms with Crippen LogP contribution < -0.4 is 10.6 Å². The average Bonchev–Trinajstić information content (AvgIpc) is 2.93. The van der Waals surface area contributed by atoms with Crippen molar-refractivity contribution in [2.24, 2.45) is 0 Å². The Morgan fingerprint density at radius 2 is 1.93 bits per heavy atom. The van der Waals surface area contributed by atoms with Crippen molar-refractivity contribution < 1.29 is 19.2 Å². The van der Waals surface area contributed by atoms with Gasteiger partial charge in [0.15, 0.2) is 0 Å². The number of amides is 4. The van der Waals surface area contributed by atoms with E-state index in [2.05, 4.69) is 15.5 Å².